The van der Waals surface area contributed by atoms with Crippen molar-refractivity contribution >= 4 is 27.2 Å². The molecular formula is C26H26N6. The Morgan fingerprint density at radius 1 is 0.844 bits per heavy atom. The van der Waals surface area contributed by atoms with Crippen molar-refractivity contribution in [2.45, 2.75) is 33.2 Å². The predicted octanol–water partition coefficient (Wildman–Crippen LogP) is 5.66. The van der Waals surface area contributed by atoms with Crippen LogP contribution in [0.5, 0.6) is 0 Å². The van der Waals surface area contributed by atoms with Gasteiger partial charge in [-0.25, -0.2) is 15.4 Å². The largest absolute Gasteiger partial charge is 0.342 e. The Labute approximate surface area is 186 Å². The molecule has 0 radical (unpaired) electrons. The van der Waals surface area contributed by atoms with E-state index >= 15 is 0 Å². The zero-order valence-corrected chi connectivity index (χ0v) is 18.7. The van der Waals surface area contributed by atoms with E-state index in [1.165, 1.54) is 32.8 Å². The van der Waals surface area contributed by atoms with Crippen LogP contribution in [0.2, 0.25) is 0 Å². The molecule has 3 heterocycles. The number of anilines is 1. The first-order chi connectivity index (χ1) is 15.5. The molecule has 1 aliphatic heterocycles. The van der Waals surface area contributed by atoms with Gasteiger partial charge in [-0.05, 0) is 35.2 Å². The van der Waals surface area contributed by atoms with Crippen LogP contribution in [-0.4, -0.2) is 27.0 Å². The highest BCUT2D eigenvalue weighted by Crippen LogP contribution is 2.42. The van der Waals surface area contributed by atoms with E-state index in [1.807, 2.05) is 19.3 Å². The van der Waals surface area contributed by atoms with Gasteiger partial charge >= 0.3 is 0 Å². The number of nitrogens with one attached hydrogen (secondary N) is 3. The van der Waals surface area contributed by atoms with Crippen molar-refractivity contribution in [1.82, 2.24) is 25.4 Å². The van der Waals surface area contributed by atoms with Gasteiger partial charge in [-0.3, -0.25) is 0 Å². The lowest BCUT2D eigenvalue weighted by Gasteiger charge is -2.17. The quantitative estimate of drug-likeness (QED) is 0.328. The van der Waals surface area contributed by atoms with Gasteiger partial charge < -0.3 is 15.0 Å². The summed E-state index contributed by atoms with van der Waals surface area (Å²) in [6.07, 6.45) is 3.85. The molecule has 0 saturated heterocycles. The fourth-order valence-corrected chi connectivity index (χ4v) is 4.81. The van der Waals surface area contributed by atoms with E-state index in [2.05, 4.69) is 87.7 Å². The molecule has 0 atom stereocenters. The van der Waals surface area contributed by atoms with E-state index < -0.39 is 0 Å². The Morgan fingerprint density at radius 2 is 1.50 bits per heavy atom. The minimum absolute atomic E-state index is 0.378. The average Bonchev–Trinajstić information content (AvgIpc) is 3.53. The number of hydrogen-bond acceptors (Lipinski definition) is 4. The fourth-order valence-electron chi connectivity index (χ4n) is 4.81. The van der Waals surface area contributed by atoms with E-state index in [0.29, 0.717) is 5.92 Å². The first-order valence-electron chi connectivity index (χ1n) is 11.1. The minimum atomic E-state index is 0.378. The van der Waals surface area contributed by atoms with Crippen molar-refractivity contribution in [3.63, 3.8) is 0 Å². The van der Waals surface area contributed by atoms with Gasteiger partial charge in [0.05, 0.1) is 29.5 Å². The smallest absolute Gasteiger partial charge is 0.109 e. The van der Waals surface area contributed by atoms with E-state index in [4.69, 9.17) is 0 Å². The predicted molar refractivity (Wildman–Crippen MR) is 131 cm³/mol. The van der Waals surface area contributed by atoms with Crippen molar-refractivity contribution in [3.8, 4) is 22.5 Å². The Balaban J connectivity index is 1.59. The maximum absolute atomic E-state index is 4.56. The summed E-state index contributed by atoms with van der Waals surface area (Å²) in [6, 6.07) is 13.5. The van der Waals surface area contributed by atoms with Crippen molar-refractivity contribution in [2.75, 3.05) is 12.1 Å². The van der Waals surface area contributed by atoms with Crippen molar-refractivity contribution in [2.24, 2.45) is 0 Å². The number of rotatable bonds is 3. The van der Waals surface area contributed by atoms with E-state index in [9.17, 15) is 0 Å². The van der Waals surface area contributed by atoms with Gasteiger partial charge in [-0.15, -0.1) is 0 Å². The third-order valence-electron chi connectivity index (χ3n) is 6.49. The topological polar surface area (TPSA) is 72.6 Å². The SMILES string of the molecule is Cc1ncc(-c2ccc3c(c2)c2c(c4cc(-c5cnc(C(C)C)[nH]5)ccc43)CNN2C)[nH]1. The molecule has 0 spiro atoms. The van der Waals surface area contributed by atoms with Gasteiger partial charge in [-0.1, -0.05) is 38.1 Å². The molecule has 3 N–H and O–H groups in total. The molecule has 32 heavy (non-hydrogen) atoms. The maximum atomic E-state index is 4.56. The Hall–Kier alpha value is -3.64. The number of benzene rings is 3. The molecule has 6 nitrogen and oxygen atoms in total. The van der Waals surface area contributed by atoms with Crippen molar-refractivity contribution in [3.05, 3.63) is 66.0 Å². The van der Waals surface area contributed by atoms with Crippen molar-refractivity contribution < 1.29 is 0 Å². The van der Waals surface area contributed by atoms with Crippen LogP contribution in [0, 0.1) is 6.92 Å². The molecule has 1 aliphatic rings. The van der Waals surface area contributed by atoms with Crippen LogP contribution < -0.4 is 10.4 Å². The molecule has 6 heteroatoms. The third kappa shape index (κ3) is 2.83. The van der Waals surface area contributed by atoms with Gasteiger partial charge in [0.1, 0.15) is 11.6 Å². The van der Waals surface area contributed by atoms with Gasteiger partial charge in [0.15, 0.2) is 0 Å². The Bertz CT molecular complexity index is 1490. The van der Waals surface area contributed by atoms with Gasteiger partial charge in [0.2, 0.25) is 0 Å². The van der Waals surface area contributed by atoms with E-state index in [1.54, 1.807) is 0 Å². The van der Waals surface area contributed by atoms with Crippen molar-refractivity contribution in [1.29, 1.82) is 0 Å². The normalized spacial score (nSPS) is 13.6. The zero-order chi connectivity index (χ0) is 22.0. The lowest BCUT2D eigenvalue weighted by Crippen LogP contribution is -2.26. The number of aromatic nitrogens is 4. The molecule has 5 aromatic rings. The fraction of sp³-hybridized carbons (Fsp3) is 0.231. The molecule has 3 aromatic carbocycles. The molecular weight excluding hydrogens is 396 g/mol. The second-order valence-electron chi connectivity index (χ2n) is 8.96. The number of aromatic amines is 2. The summed E-state index contributed by atoms with van der Waals surface area (Å²) in [5, 5.41) is 7.22. The Morgan fingerprint density at radius 3 is 2.16 bits per heavy atom. The molecule has 2 aromatic heterocycles. The summed E-state index contributed by atoms with van der Waals surface area (Å²) in [6.45, 7) is 7.11. The number of H-pyrrole nitrogens is 2. The second-order valence-corrected chi connectivity index (χ2v) is 8.96. The van der Waals surface area contributed by atoms with E-state index in [0.717, 1.165) is 40.7 Å². The first kappa shape index (κ1) is 19.1. The lowest BCUT2D eigenvalue weighted by molar-refractivity contribution is 0.737. The van der Waals surface area contributed by atoms with Gasteiger partial charge in [0, 0.05) is 41.6 Å². The summed E-state index contributed by atoms with van der Waals surface area (Å²) < 4.78 is 0. The zero-order valence-electron chi connectivity index (χ0n) is 18.7. The number of aryl methyl sites for hydroxylation is 1. The highest BCUT2D eigenvalue weighted by molar-refractivity contribution is 6.17. The summed E-state index contributed by atoms with van der Waals surface area (Å²) in [5.41, 5.74) is 10.5. The Kier molecular flexibility index (Phi) is 4.13. The molecule has 0 aliphatic carbocycles. The van der Waals surface area contributed by atoms with Crippen LogP contribution in [0.25, 0.3) is 44.1 Å². The highest BCUT2D eigenvalue weighted by Gasteiger charge is 2.23. The standard InChI is InChI=1S/C26H26N6/c1-14(2)26-28-13-24(31-26)16-5-7-18-19-8-6-17(23-12-27-15(3)30-23)10-21(19)25-22(20(18)9-16)11-29-32(25)4/h5-10,12-14,29H,11H2,1-4H3,(H,27,30)(H,28,31). The molecule has 160 valence electrons. The molecule has 0 amide bonds. The monoisotopic (exact) mass is 422 g/mol. The van der Waals surface area contributed by atoms with E-state index in [-0.39, 0.29) is 0 Å². The average molecular weight is 423 g/mol. The van der Waals surface area contributed by atoms with Crippen LogP contribution >= 0.6 is 0 Å². The summed E-state index contributed by atoms with van der Waals surface area (Å²) in [4.78, 5) is 15.8. The van der Waals surface area contributed by atoms with Crippen LogP contribution in [0.4, 0.5) is 5.69 Å². The summed E-state index contributed by atoms with van der Waals surface area (Å²) in [5.74, 6) is 2.32. The number of nitrogens with zero attached hydrogens (tertiary/aromatic N) is 3. The van der Waals surface area contributed by atoms with Crippen LogP contribution in [0.15, 0.2) is 48.8 Å². The number of hydrogen-bond donors (Lipinski definition) is 3. The number of imidazole rings is 2. The molecule has 0 saturated carbocycles. The highest BCUT2D eigenvalue weighted by atomic mass is 15.5. The summed E-state index contributed by atoms with van der Waals surface area (Å²) in [7, 11) is 2.10. The number of fused-ring (bicyclic) bond motifs is 6. The third-order valence-corrected chi connectivity index (χ3v) is 6.49. The molecule has 0 bridgehead atoms. The second kappa shape index (κ2) is 6.93. The van der Waals surface area contributed by atoms with Crippen LogP contribution in [0.1, 0.15) is 37.0 Å². The van der Waals surface area contributed by atoms with Crippen LogP contribution in [0.3, 0.4) is 0 Å². The van der Waals surface area contributed by atoms with Crippen LogP contribution in [-0.2, 0) is 6.54 Å². The lowest BCUT2D eigenvalue weighted by atomic mass is 9.92. The molecule has 0 fully saturated rings. The number of hydrazine groups is 1. The van der Waals surface area contributed by atoms with Gasteiger partial charge in [-0.2, -0.15) is 0 Å². The molecule has 0 unspecified atom stereocenters. The summed E-state index contributed by atoms with van der Waals surface area (Å²) >= 11 is 0. The minimum Gasteiger partial charge on any atom is -0.342 e. The molecule has 6 rings (SSSR count). The maximum Gasteiger partial charge on any atom is 0.109 e. The first-order valence-corrected chi connectivity index (χ1v) is 11.1. The van der Waals surface area contributed by atoms with Gasteiger partial charge in [0.25, 0.3) is 0 Å².